The normalized spacial score (nSPS) is 21.1. The lowest BCUT2D eigenvalue weighted by Gasteiger charge is -2.17. The van der Waals surface area contributed by atoms with Crippen LogP contribution in [-0.2, 0) is 0 Å². The molecule has 0 amide bonds. The van der Waals surface area contributed by atoms with Gasteiger partial charge in [0, 0.05) is 0 Å². The quantitative estimate of drug-likeness (QED) is 0.0422. The molecule has 3 rings (SSSR count). The Morgan fingerprint density at radius 2 is 0.522 bits per heavy atom. The third-order valence-corrected chi connectivity index (χ3v) is 16.6. The third kappa shape index (κ3) is 48.2. The summed E-state index contributed by atoms with van der Waals surface area (Å²) in [6.07, 6.45) is 73.2. The molecule has 6 unspecified atom stereocenters. The maximum Gasteiger partial charge on any atom is -0.0169 e. The summed E-state index contributed by atoms with van der Waals surface area (Å²) in [6.45, 7) is 28.1. The highest BCUT2D eigenvalue weighted by molar-refractivity contribution is 4.95. The van der Waals surface area contributed by atoms with Crippen LogP contribution in [0.5, 0.6) is 0 Å². The molecule has 3 aliphatic rings. The Labute approximate surface area is 439 Å². The molecule has 0 saturated heterocycles. The molecule has 0 N–H and O–H groups in total. The molecule has 3 saturated carbocycles. The molecule has 0 bridgehead atoms. The van der Waals surface area contributed by atoms with Crippen LogP contribution < -0.4 is 0 Å². The van der Waals surface area contributed by atoms with Gasteiger partial charge in [-0.1, -0.05) is 313 Å². The molecule has 0 spiro atoms. The van der Waals surface area contributed by atoms with E-state index in [0.29, 0.717) is 16.2 Å². The van der Waals surface area contributed by atoms with Crippen LogP contribution >= 0.6 is 0 Å². The van der Waals surface area contributed by atoms with Gasteiger partial charge in [0.2, 0.25) is 0 Å². The minimum atomic E-state index is 0.523. The van der Waals surface area contributed by atoms with Crippen molar-refractivity contribution >= 4 is 0 Å². The lowest BCUT2D eigenvalue weighted by atomic mass is 9.89. The SMILES string of the molecule is CCCCC/C=C\C/C=C\CCCCCCCCC(C)(C)C.CCCCCC1CC1CC1CC1CCCCCCCCC(C)(C)C.CCCCCCCCC1CC1CCCCCCCCC(C)(C)C. The maximum atomic E-state index is 2.37. The highest BCUT2D eigenvalue weighted by Gasteiger charge is 2.44. The molecule has 69 heavy (non-hydrogen) atoms. The molecule has 0 nitrogen and oxygen atoms in total. The van der Waals surface area contributed by atoms with E-state index in [2.05, 4.69) is 107 Å². The summed E-state index contributed by atoms with van der Waals surface area (Å²) in [6, 6.07) is 0. The van der Waals surface area contributed by atoms with Crippen LogP contribution in [0.25, 0.3) is 0 Å². The van der Waals surface area contributed by atoms with Gasteiger partial charge in [0.1, 0.15) is 0 Å². The first kappa shape index (κ1) is 66.5. The molecule has 0 heterocycles. The molecule has 0 aliphatic heterocycles. The fraction of sp³-hybridized carbons (Fsp3) is 0.942. The largest absolute Gasteiger partial charge is 0.0882 e. The second-order valence-electron chi connectivity index (χ2n) is 27.9. The predicted molar refractivity (Wildman–Crippen MR) is 318 cm³/mol. The van der Waals surface area contributed by atoms with Gasteiger partial charge in [0.05, 0.1) is 0 Å². The Morgan fingerprint density at radius 1 is 0.275 bits per heavy atom. The second kappa shape index (κ2) is 42.8. The van der Waals surface area contributed by atoms with E-state index in [0.717, 1.165) is 41.9 Å². The van der Waals surface area contributed by atoms with Crippen LogP contribution in [0, 0.1) is 51.8 Å². The summed E-state index contributed by atoms with van der Waals surface area (Å²) < 4.78 is 0. The van der Waals surface area contributed by atoms with Gasteiger partial charge in [-0.25, -0.2) is 0 Å². The van der Waals surface area contributed by atoms with Gasteiger partial charge < -0.3 is 0 Å². The minimum absolute atomic E-state index is 0.523. The molecule has 0 aromatic heterocycles. The molecule has 0 radical (unpaired) electrons. The van der Waals surface area contributed by atoms with Gasteiger partial charge in [-0.05, 0) is 129 Å². The van der Waals surface area contributed by atoms with Crippen molar-refractivity contribution in [2.24, 2.45) is 51.8 Å². The van der Waals surface area contributed by atoms with E-state index in [1.54, 1.807) is 51.4 Å². The highest BCUT2D eigenvalue weighted by atomic mass is 14.5. The zero-order valence-electron chi connectivity index (χ0n) is 50.4. The molecule has 0 aromatic carbocycles. The molecule has 0 aromatic rings. The Morgan fingerprint density at radius 3 is 0.884 bits per heavy atom. The Kier molecular flexibility index (Phi) is 41.2. The average Bonchev–Trinajstić information content (AvgIpc) is 4.23. The fourth-order valence-corrected chi connectivity index (χ4v) is 11.3. The first-order chi connectivity index (χ1) is 33.1. The van der Waals surface area contributed by atoms with Gasteiger partial charge in [0.25, 0.3) is 0 Å². The van der Waals surface area contributed by atoms with Crippen LogP contribution in [0.2, 0.25) is 0 Å². The summed E-state index contributed by atoms with van der Waals surface area (Å²) in [5.74, 6) is 6.85. The molecule has 0 heteroatoms. The Hall–Kier alpha value is -0.520. The van der Waals surface area contributed by atoms with E-state index in [1.807, 2.05) is 0 Å². The number of rotatable bonds is 43. The monoisotopic (exact) mass is 963 g/mol. The lowest BCUT2D eigenvalue weighted by molar-refractivity contribution is 0.356. The van der Waals surface area contributed by atoms with E-state index in [1.165, 1.54) is 225 Å². The number of hydrogen-bond acceptors (Lipinski definition) is 0. The van der Waals surface area contributed by atoms with Crippen molar-refractivity contribution < 1.29 is 0 Å². The lowest BCUT2D eigenvalue weighted by Crippen LogP contribution is -2.03. The van der Waals surface area contributed by atoms with Crippen molar-refractivity contribution in [1.29, 1.82) is 0 Å². The molecular weight excluding hydrogens is 829 g/mol. The van der Waals surface area contributed by atoms with Crippen LogP contribution in [0.4, 0.5) is 0 Å². The van der Waals surface area contributed by atoms with Crippen LogP contribution in [-0.4, -0.2) is 0 Å². The van der Waals surface area contributed by atoms with Crippen molar-refractivity contribution in [3.05, 3.63) is 24.3 Å². The zero-order valence-corrected chi connectivity index (χ0v) is 50.4. The zero-order chi connectivity index (χ0) is 50.9. The molecule has 3 fully saturated rings. The minimum Gasteiger partial charge on any atom is -0.0882 e. The van der Waals surface area contributed by atoms with Crippen LogP contribution in [0.3, 0.4) is 0 Å². The first-order valence-corrected chi connectivity index (χ1v) is 32.4. The maximum absolute atomic E-state index is 2.37. The van der Waals surface area contributed by atoms with Gasteiger partial charge >= 0.3 is 0 Å². The highest BCUT2D eigenvalue weighted by Crippen LogP contribution is 2.54. The van der Waals surface area contributed by atoms with Crippen LogP contribution in [0.1, 0.15) is 366 Å². The molecule has 410 valence electrons. The summed E-state index contributed by atoms with van der Waals surface area (Å²) in [5.41, 5.74) is 1.60. The molecule has 6 atom stereocenters. The summed E-state index contributed by atoms with van der Waals surface area (Å²) in [5, 5.41) is 0. The van der Waals surface area contributed by atoms with E-state index < -0.39 is 0 Å². The molecule has 3 aliphatic carbocycles. The third-order valence-electron chi connectivity index (χ3n) is 16.6. The summed E-state index contributed by atoms with van der Waals surface area (Å²) in [4.78, 5) is 0. The summed E-state index contributed by atoms with van der Waals surface area (Å²) >= 11 is 0. The Bertz CT molecular complexity index is 1130. The number of allylic oxidation sites excluding steroid dienone is 4. The predicted octanol–water partition coefficient (Wildman–Crippen LogP) is 25.2. The van der Waals surface area contributed by atoms with Gasteiger partial charge in [-0.2, -0.15) is 0 Å². The summed E-state index contributed by atoms with van der Waals surface area (Å²) in [7, 11) is 0. The van der Waals surface area contributed by atoms with Gasteiger partial charge in [0.15, 0.2) is 0 Å². The second-order valence-corrected chi connectivity index (χ2v) is 27.9. The standard InChI is InChI=1S/C24H46.C23H46.C22H42/c1-5-6-11-14-20-17-22(20)19-23-18-21(23)15-12-9-7-8-10-13-16-24(2,3)4;1-5-6-7-8-11-14-17-21-20-22(21)18-15-12-9-10-13-16-19-23(2,3)4;1-5-6-7-8-9-10-11-12-13-14-15-16-17-18-19-20-21-22(2,3)4/h20-23H,5-19H2,1-4H3;21-22H,5-20H2,1-4H3;9-10,12-13H,5-8,11,14-21H2,1-4H3/b;;10-9-,13-12-. The molecular formula is C69H134. The van der Waals surface area contributed by atoms with E-state index in [-0.39, 0.29) is 0 Å². The van der Waals surface area contributed by atoms with Gasteiger partial charge in [-0.15, -0.1) is 0 Å². The van der Waals surface area contributed by atoms with Gasteiger partial charge in [-0.3, -0.25) is 0 Å². The average molecular weight is 964 g/mol. The van der Waals surface area contributed by atoms with Crippen molar-refractivity contribution in [3.63, 3.8) is 0 Å². The smallest absolute Gasteiger partial charge is 0.0169 e. The Balaban J connectivity index is 0.000000518. The van der Waals surface area contributed by atoms with Crippen molar-refractivity contribution in [3.8, 4) is 0 Å². The van der Waals surface area contributed by atoms with Crippen molar-refractivity contribution in [2.45, 2.75) is 366 Å². The van der Waals surface area contributed by atoms with E-state index >= 15 is 0 Å². The topological polar surface area (TPSA) is 0 Å². The number of hydrogen-bond donors (Lipinski definition) is 0. The first-order valence-electron chi connectivity index (χ1n) is 32.4. The van der Waals surface area contributed by atoms with Crippen molar-refractivity contribution in [1.82, 2.24) is 0 Å². The van der Waals surface area contributed by atoms with E-state index in [4.69, 9.17) is 0 Å². The van der Waals surface area contributed by atoms with E-state index in [9.17, 15) is 0 Å². The van der Waals surface area contributed by atoms with Crippen LogP contribution in [0.15, 0.2) is 24.3 Å². The number of unbranched alkanes of at least 4 members (excludes halogenated alkanes) is 26. The fourth-order valence-electron chi connectivity index (χ4n) is 11.3. The van der Waals surface area contributed by atoms with Crippen molar-refractivity contribution in [2.75, 3.05) is 0 Å².